The van der Waals surface area contributed by atoms with Gasteiger partial charge in [0, 0.05) is 16.9 Å². The van der Waals surface area contributed by atoms with E-state index in [2.05, 4.69) is 15.3 Å². The summed E-state index contributed by atoms with van der Waals surface area (Å²) < 4.78 is 7.32. The Morgan fingerprint density at radius 1 is 0.975 bits per heavy atom. The van der Waals surface area contributed by atoms with E-state index < -0.39 is 11.9 Å². The molecular weight excluding hydrogens is 524 g/mol. The summed E-state index contributed by atoms with van der Waals surface area (Å²) in [6.07, 6.45) is 1.72. The predicted molar refractivity (Wildman–Crippen MR) is 158 cm³/mol. The lowest BCUT2D eigenvalue weighted by Gasteiger charge is -2.21. The molecule has 0 aliphatic carbocycles. The second-order valence-corrected chi connectivity index (χ2v) is 10.2. The standard InChI is InChI=1S/C32H29ClN4O3/c1-19(2)40-25-15-13-22(14-16-25)27-18-34-21(4)30(36-27)31(38)35-20(3)28-17-23-9-8-12-26(33)29(23)32(39)37(28)24-10-6-5-7-11-24/h5-20H,1-4H3,(H,35,38)/t20-/m0/s1. The maximum absolute atomic E-state index is 13.7. The number of carbonyl (C=O) groups is 1. The number of aromatic nitrogens is 3. The number of nitrogens with one attached hydrogen (secondary N) is 1. The van der Waals surface area contributed by atoms with E-state index in [4.69, 9.17) is 16.3 Å². The topological polar surface area (TPSA) is 86.1 Å². The molecule has 0 radical (unpaired) electrons. The normalized spacial score (nSPS) is 11.9. The molecule has 2 aromatic heterocycles. The number of amides is 1. The maximum atomic E-state index is 13.7. The number of hydrogen-bond donors (Lipinski definition) is 1. The van der Waals surface area contributed by atoms with Crippen molar-refractivity contribution in [2.24, 2.45) is 0 Å². The zero-order valence-electron chi connectivity index (χ0n) is 22.7. The summed E-state index contributed by atoms with van der Waals surface area (Å²) in [5.74, 6) is 0.365. The molecule has 5 rings (SSSR count). The largest absolute Gasteiger partial charge is 0.491 e. The second-order valence-electron chi connectivity index (χ2n) is 9.82. The molecule has 7 nitrogen and oxygen atoms in total. The van der Waals surface area contributed by atoms with Gasteiger partial charge in [-0.1, -0.05) is 41.9 Å². The molecule has 1 N–H and O–H groups in total. The summed E-state index contributed by atoms with van der Waals surface area (Å²) in [7, 11) is 0. The minimum absolute atomic E-state index is 0.0696. The molecule has 0 aliphatic heterocycles. The number of hydrogen-bond acceptors (Lipinski definition) is 5. The van der Waals surface area contributed by atoms with Crippen LogP contribution >= 0.6 is 11.6 Å². The van der Waals surface area contributed by atoms with Crippen LogP contribution in [-0.4, -0.2) is 26.5 Å². The Labute approximate surface area is 237 Å². The lowest BCUT2D eigenvalue weighted by Crippen LogP contribution is -2.33. The summed E-state index contributed by atoms with van der Waals surface area (Å²) in [6.45, 7) is 7.52. The molecule has 1 amide bonds. The minimum Gasteiger partial charge on any atom is -0.491 e. The summed E-state index contributed by atoms with van der Waals surface area (Å²) >= 11 is 6.43. The number of ether oxygens (including phenoxy) is 1. The molecule has 0 unspecified atom stereocenters. The monoisotopic (exact) mass is 552 g/mol. The van der Waals surface area contributed by atoms with Crippen molar-refractivity contribution in [3.05, 3.63) is 118 Å². The van der Waals surface area contributed by atoms with Gasteiger partial charge in [-0.15, -0.1) is 0 Å². The first-order chi connectivity index (χ1) is 19.2. The van der Waals surface area contributed by atoms with Crippen LogP contribution in [0.15, 0.2) is 89.9 Å². The van der Waals surface area contributed by atoms with Gasteiger partial charge in [0.15, 0.2) is 0 Å². The Morgan fingerprint density at radius 2 is 1.70 bits per heavy atom. The van der Waals surface area contributed by atoms with Crippen LogP contribution in [0.25, 0.3) is 27.7 Å². The van der Waals surface area contributed by atoms with E-state index in [9.17, 15) is 9.59 Å². The first kappa shape index (κ1) is 27.1. The quantitative estimate of drug-likeness (QED) is 0.243. The third kappa shape index (κ3) is 5.46. The third-order valence-electron chi connectivity index (χ3n) is 6.52. The number of pyridine rings is 1. The highest BCUT2D eigenvalue weighted by Crippen LogP contribution is 2.26. The van der Waals surface area contributed by atoms with Crippen molar-refractivity contribution in [3.63, 3.8) is 0 Å². The first-order valence-electron chi connectivity index (χ1n) is 13.0. The summed E-state index contributed by atoms with van der Waals surface area (Å²) in [5, 5.41) is 4.53. The number of para-hydroxylation sites is 1. The Balaban J connectivity index is 1.50. The van der Waals surface area contributed by atoms with Crippen molar-refractivity contribution in [1.29, 1.82) is 0 Å². The van der Waals surface area contributed by atoms with Crippen LogP contribution in [0.4, 0.5) is 0 Å². The van der Waals surface area contributed by atoms with Crippen LogP contribution in [0, 0.1) is 6.92 Å². The van der Waals surface area contributed by atoms with Crippen LogP contribution in [0.2, 0.25) is 5.02 Å². The molecule has 0 saturated heterocycles. The Hall–Kier alpha value is -4.49. The Bertz CT molecular complexity index is 1750. The zero-order valence-corrected chi connectivity index (χ0v) is 23.4. The van der Waals surface area contributed by atoms with Crippen LogP contribution < -0.4 is 15.6 Å². The predicted octanol–water partition coefficient (Wildman–Crippen LogP) is 6.69. The van der Waals surface area contributed by atoms with Crippen LogP contribution in [0.1, 0.15) is 48.7 Å². The van der Waals surface area contributed by atoms with Crippen molar-refractivity contribution in [1.82, 2.24) is 19.9 Å². The van der Waals surface area contributed by atoms with E-state index in [1.165, 1.54) is 0 Å². The molecule has 0 saturated carbocycles. The number of fused-ring (bicyclic) bond motifs is 1. The molecule has 8 heteroatoms. The van der Waals surface area contributed by atoms with Gasteiger partial charge in [-0.25, -0.2) is 4.98 Å². The van der Waals surface area contributed by atoms with Crippen LogP contribution in [-0.2, 0) is 0 Å². The minimum atomic E-state index is -0.541. The molecule has 0 fully saturated rings. The molecule has 2 heterocycles. The van der Waals surface area contributed by atoms with Crippen molar-refractivity contribution in [3.8, 4) is 22.7 Å². The Kier molecular flexibility index (Phi) is 7.67. The number of halogens is 1. The van der Waals surface area contributed by atoms with Gasteiger partial charge in [0.1, 0.15) is 11.4 Å². The Morgan fingerprint density at radius 3 is 2.40 bits per heavy atom. The average molecular weight is 553 g/mol. The number of nitrogens with zero attached hydrogens (tertiary/aromatic N) is 3. The van der Waals surface area contributed by atoms with Gasteiger partial charge in [-0.05, 0) is 81.6 Å². The third-order valence-corrected chi connectivity index (χ3v) is 6.84. The van der Waals surface area contributed by atoms with Crippen molar-refractivity contribution < 1.29 is 9.53 Å². The SMILES string of the molecule is Cc1ncc(-c2ccc(OC(C)C)cc2)nc1C(=O)N[C@@H](C)c1cc2cccc(Cl)c2c(=O)n1-c1ccccc1. The molecule has 3 aromatic carbocycles. The molecule has 0 spiro atoms. The van der Waals surface area contributed by atoms with Crippen LogP contribution in [0.5, 0.6) is 5.75 Å². The number of rotatable bonds is 7. The summed E-state index contributed by atoms with van der Waals surface area (Å²) in [4.78, 5) is 36.3. The van der Waals surface area contributed by atoms with Crippen molar-refractivity contribution in [2.45, 2.75) is 39.8 Å². The van der Waals surface area contributed by atoms with Gasteiger partial charge in [-0.2, -0.15) is 0 Å². The van der Waals surface area contributed by atoms with E-state index in [-0.39, 0.29) is 17.4 Å². The van der Waals surface area contributed by atoms with Gasteiger partial charge in [-0.3, -0.25) is 19.1 Å². The fourth-order valence-electron chi connectivity index (χ4n) is 4.62. The fraction of sp³-hybridized carbons (Fsp3) is 0.188. The number of carbonyl (C=O) groups excluding carboxylic acids is 1. The summed E-state index contributed by atoms with van der Waals surface area (Å²) in [6, 6.07) is 23.5. The molecular formula is C32H29ClN4O3. The number of aryl methyl sites for hydroxylation is 1. The van der Waals surface area contributed by atoms with E-state index in [0.717, 1.165) is 11.3 Å². The summed E-state index contributed by atoms with van der Waals surface area (Å²) in [5.41, 5.74) is 3.13. The molecule has 202 valence electrons. The molecule has 0 bridgehead atoms. The van der Waals surface area contributed by atoms with Gasteiger partial charge >= 0.3 is 0 Å². The smallest absolute Gasteiger partial charge is 0.272 e. The van der Waals surface area contributed by atoms with Gasteiger partial charge in [0.25, 0.3) is 11.5 Å². The first-order valence-corrected chi connectivity index (χ1v) is 13.4. The average Bonchev–Trinajstić information content (AvgIpc) is 2.93. The zero-order chi connectivity index (χ0) is 28.4. The molecule has 1 atom stereocenters. The highest BCUT2D eigenvalue weighted by Gasteiger charge is 2.22. The van der Waals surface area contributed by atoms with Crippen LogP contribution in [0.3, 0.4) is 0 Å². The van der Waals surface area contributed by atoms with E-state index >= 15 is 0 Å². The number of benzene rings is 3. The van der Waals surface area contributed by atoms with E-state index in [0.29, 0.717) is 38.6 Å². The lowest BCUT2D eigenvalue weighted by atomic mass is 10.1. The molecule has 0 aliphatic rings. The highest BCUT2D eigenvalue weighted by molar-refractivity contribution is 6.35. The maximum Gasteiger partial charge on any atom is 0.272 e. The van der Waals surface area contributed by atoms with Gasteiger partial charge < -0.3 is 10.1 Å². The van der Waals surface area contributed by atoms with Gasteiger partial charge in [0.05, 0.1) is 40.1 Å². The second kappa shape index (κ2) is 11.3. The molecule has 40 heavy (non-hydrogen) atoms. The van der Waals surface area contributed by atoms with E-state index in [1.54, 1.807) is 29.8 Å². The van der Waals surface area contributed by atoms with Crippen molar-refractivity contribution in [2.75, 3.05) is 0 Å². The van der Waals surface area contributed by atoms with E-state index in [1.807, 2.05) is 87.5 Å². The highest BCUT2D eigenvalue weighted by atomic mass is 35.5. The molecule has 5 aromatic rings. The lowest BCUT2D eigenvalue weighted by molar-refractivity contribution is 0.0932. The fourth-order valence-corrected chi connectivity index (χ4v) is 4.88. The van der Waals surface area contributed by atoms with Gasteiger partial charge in [0.2, 0.25) is 0 Å². The van der Waals surface area contributed by atoms with Crippen molar-refractivity contribution >= 4 is 28.3 Å².